The van der Waals surface area contributed by atoms with Crippen molar-refractivity contribution in [1.82, 2.24) is 0 Å². The van der Waals surface area contributed by atoms with Crippen LogP contribution in [0.4, 0.5) is 8.78 Å². The molecule has 0 spiro atoms. The second-order valence-electron chi connectivity index (χ2n) is 11.4. The van der Waals surface area contributed by atoms with Crippen LogP contribution in [-0.4, -0.2) is 0 Å². The Hall–Kier alpha value is -2.19. The lowest BCUT2D eigenvalue weighted by molar-refractivity contribution is 0.310. The fourth-order valence-electron chi connectivity index (χ4n) is 5.96. The molecule has 0 N–H and O–H groups in total. The first kappa shape index (κ1) is 28.8. The maximum Gasteiger partial charge on any atom is 0.145 e. The van der Waals surface area contributed by atoms with Gasteiger partial charge in [-0.3, -0.25) is 0 Å². The van der Waals surface area contributed by atoms with Crippen molar-refractivity contribution in [2.75, 3.05) is 0 Å². The summed E-state index contributed by atoms with van der Waals surface area (Å²) in [5, 5.41) is -0.427. The van der Waals surface area contributed by atoms with E-state index in [0.29, 0.717) is 12.0 Å². The third kappa shape index (κ3) is 8.67. The van der Waals surface area contributed by atoms with Crippen LogP contribution in [0, 0.1) is 17.6 Å². The van der Waals surface area contributed by atoms with Gasteiger partial charge >= 0.3 is 0 Å². The second kappa shape index (κ2) is 14.8. The Balaban J connectivity index is 1.15. The Morgan fingerprint density at radius 3 is 1.79 bits per heavy atom. The van der Waals surface area contributed by atoms with Gasteiger partial charge < -0.3 is 0 Å². The highest BCUT2D eigenvalue weighted by Crippen LogP contribution is 2.37. The van der Waals surface area contributed by atoms with Crippen LogP contribution >= 0.6 is 11.6 Å². The maximum absolute atomic E-state index is 13.7. The Labute approximate surface area is 233 Å². The highest BCUT2D eigenvalue weighted by molar-refractivity contribution is 6.30. The topological polar surface area (TPSA) is 0 Å². The first-order valence-corrected chi connectivity index (χ1v) is 15.2. The molecule has 1 aliphatic carbocycles. The quantitative estimate of drug-likeness (QED) is 0.150. The summed E-state index contributed by atoms with van der Waals surface area (Å²) in [6, 6.07) is 21.0. The number of hydrogen-bond acceptors (Lipinski definition) is 0. The van der Waals surface area contributed by atoms with E-state index < -0.39 is 16.7 Å². The van der Waals surface area contributed by atoms with Crippen LogP contribution in [0.1, 0.15) is 105 Å². The number of halogens is 3. The van der Waals surface area contributed by atoms with E-state index in [9.17, 15) is 8.78 Å². The van der Waals surface area contributed by atoms with Crippen LogP contribution in [-0.2, 0) is 25.7 Å². The van der Waals surface area contributed by atoms with Crippen molar-refractivity contribution < 1.29 is 8.78 Å². The van der Waals surface area contributed by atoms with Gasteiger partial charge in [0, 0.05) is 0 Å². The van der Waals surface area contributed by atoms with Crippen molar-refractivity contribution in [2.24, 2.45) is 5.92 Å². The van der Waals surface area contributed by atoms with Gasteiger partial charge in [-0.15, -0.1) is 0 Å². The predicted octanol–water partition coefficient (Wildman–Crippen LogP) is 10.8. The zero-order valence-electron chi connectivity index (χ0n) is 23.0. The molecule has 0 atom stereocenters. The van der Waals surface area contributed by atoms with E-state index in [1.807, 2.05) is 0 Å². The van der Waals surface area contributed by atoms with Gasteiger partial charge in [0.1, 0.15) is 16.7 Å². The molecule has 1 saturated carbocycles. The first-order chi connectivity index (χ1) is 18.5. The molecule has 4 rings (SSSR count). The van der Waals surface area contributed by atoms with Gasteiger partial charge in [0.25, 0.3) is 0 Å². The molecule has 0 saturated heterocycles. The molecule has 0 nitrogen and oxygen atoms in total. The molecule has 0 heterocycles. The highest BCUT2D eigenvalue weighted by atomic mass is 35.5. The Bertz CT molecular complexity index is 1090. The number of unbranched alkanes of at least 4 members (excludes halogenated alkanes) is 4. The van der Waals surface area contributed by atoms with Gasteiger partial charge in [0.05, 0.1) is 0 Å². The second-order valence-corrected chi connectivity index (χ2v) is 11.7. The predicted molar refractivity (Wildman–Crippen MR) is 157 cm³/mol. The van der Waals surface area contributed by atoms with Crippen LogP contribution in [0.25, 0.3) is 0 Å². The lowest BCUT2D eigenvalue weighted by Crippen LogP contribution is -2.14. The number of rotatable bonds is 13. The Kier molecular flexibility index (Phi) is 11.2. The molecular weight excluding hydrogens is 494 g/mol. The Morgan fingerprint density at radius 2 is 1.16 bits per heavy atom. The number of hydrogen-bond donors (Lipinski definition) is 0. The minimum absolute atomic E-state index is 0.427. The fourth-order valence-corrected chi connectivity index (χ4v) is 6.07. The van der Waals surface area contributed by atoms with Gasteiger partial charge in [0.2, 0.25) is 0 Å². The number of aryl methyl sites for hydroxylation is 4. The monoisotopic (exact) mass is 536 g/mol. The molecule has 38 heavy (non-hydrogen) atoms. The van der Waals surface area contributed by atoms with E-state index >= 15 is 0 Å². The van der Waals surface area contributed by atoms with Gasteiger partial charge in [-0.1, -0.05) is 92.7 Å². The number of benzene rings is 3. The van der Waals surface area contributed by atoms with Crippen molar-refractivity contribution in [2.45, 2.75) is 103 Å². The molecule has 0 aliphatic heterocycles. The van der Waals surface area contributed by atoms with Gasteiger partial charge in [0.15, 0.2) is 0 Å². The summed E-state index contributed by atoms with van der Waals surface area (Å²) in [4.78, 5) is 0. The molecule has 1 fully saturated rings. The van der Waals surface area contributed by atoms with E-state index in [0.717, 1.165) is 24.7 Å². The SMILES string of the molecule is CCCCCCCc1ccc(C2CCC(CCc3ccc(CCc4cc(F)c(Cl)c(F)c4)cc3)CC2)cc1. The van der Waals surface area contributed by atoms with Crippen LogP contribution in [0.2, 0.25) is 5.02 Å². The summed E-state index contributed by atoms with van der Waals surface area (Å²) in [5.74, 6) is 0.176. The fraction of sp³-hybridized carbons (Fsp3) is 0.486. The molecule has 3 heteroatoms. The molecular formula is C35H43ClF2. The average Bonchev–Trinajstić information content (AvgIpc) is 2.95. The molecule has 3 aromatic carbocycles. The smallest absolute Gasteiger partial charge is 0.145 e. The Morgan fingerprint density at radius 1 is 0.632 bits per heavy atom. The largest absolute Gasteiger partial charge is 0.205 e. The van der Waals surface area contributed by atoms with Crippen molar-refractivity contribution in [3.8, 4) is 0 Å². The summed E-state index contributed by atoms with van der Waals surface area (Å²) in [7, 11) is 0. The van der Waals surface area contributed by atoms with Crippen molar-refractivity contribution in [1.29, 1.82) is 0 Å². The van der Waals surface area contributed by atoms with Gasteiger partial charge in [-0.2, -0.15) is 0 Å². The molecule has 0 amide bonds. The molecule has 3 aromatic rings. The molecule has 1 aliphatic rings. The molecule has 204 valence electrons. The minimum atomic E-state index is -0.688. The molecule has 0 aromatic heterocycles. The van der Waals surface area contributed by atoms with Crippen LogP contribution < -0.4 is 0 Å². The van der Waals surface area contributed by atoms with Crippen LogP contribution in [0.3, 0.4) is 0 Å². The normalized spacial score (nSPS) is 17.6. The van der Waals surface area contributed by atoms with Crippen LogP contribution in [0.15, 0.2) is 60.7 Å². The van der Waals surface area contributed by atoms with Crippen molar-refractivity contribution in [3.63, 3.8) is 0 Å². The summed E-state index contributed by atoms with van der Waals surface area (Å²) in [6.07, 6.45) is 17.0. The standard InChI is InChI=1S/C35H43ClF2/c1-2-3-4-5-6-7-26-16-20-31(21-17-26)32-22-18-29(19-23-32)13-12-27-8-10-28(11-9-27)14-15-30-24-33(37)35(36)34(38)25-30/h8-11,16-17,20-21,24-25,29,32H,2-7,12-15,18-19,22-23H2,1H3. The minimum Gasteiger partial charge on any atom is -0.205 e. The van der Waals surface area contributed by atoms with Crippen molar-refractivity contribution >= 4 is 11.6 Å². The maximum atomic E-state index is 13.7. The summed E-state index contributed by atoms with van der Waals surface area (Å²) in [6.45, 7) is 2.27. The van der Waals surface area contributed by atoms with E-state index in [-0.39, 0.29) is 0 Å². The summed E-state index contributed by atoms with van der Waals surface area (Å²) in [5.41, 5.74) is 6.24. The van der Waals surface area contributed by atoms with E-state index in [1.165, 1.54) is 105 Å². The van der Waals surface area contributed by atoms with E-state index in [2.05, 4.69) is 55.5 Å². The third-order valence-electron chi connectivity index (χ3n) is 8.48. The first-order valence-electron chi connectivity index (χ1n) is 14.8. The third-order valence-corrected chi connectivity index (χ3v) is 8.84. The van der Waals surface area contributed by atoms with Crippen molar-refractivity contribution in [3.05, 3.63) is 105 Å². The average molecular weight is 537 g/mol. The molecule has 0 radical (unpaired) electrons. The summed E-state index contributed by atoms with van der Waals surface area (Å²) < 4.78 is 27.3. The van der Waals surface area contributed by atoms with Gasteiger partial charge in [-0.05, 0) is 116 Å². The summed E-state index contributed by atoms with van der Waals surface area (Å²) >= 11 is 5.59. The lowest BCUT2D eigenvalue weighted by atomic mass is 9.76. The molecule has 0 bridgehead atoms. The zero-order chi connectivity index (χ0) is 26.7. The highest BCUT2D eigenvalue weighted by Gasteiger charge is 2.22. The van der Waals surface area contributed by atoms with Crippen LogP contribution in [0.5, 0.6) is 0 Å². The zero-order valence-corrected chi connectivity index (χ0v) is 23.7. The van der Waals surface area contributed by atoms with E-state index in [1.54, 1.807) is 0 Å². The van der Waals surface area contributed by atoms with E-state index in [4.69, 9.17) is 11.6 Å². The van der Waals surface area contributed by atoms with Gasteiger partial charge in [-0.25, -0.2) is 8.78 Å². The lowest BCUT2D eigenvalue weighted by Gasteiger charge is -2.29. The molecule has 0 unspecified atom stereocenters.